The highest BCUT2D eigenvalue weighted by atomic mass is 16.5. The lowest BCUT2D eigenvalue weighted by atomic mass is 9.95. The van der Waals surface area contributed by atoms with Crippen LogP contribution in [-0.2, 0) is 14.3 Å². The Morgan fingerprint density at radius 2 is 1.76 bits per heavy atom. The maximum Gasteiger partial charge on any atom is 0.239 e. The smallest absolute Gasteiger partial charge is 0.239 e. The van der Waals surface area contributed by atoms with E-state index in [-0.39, 0.29) is 18.3 Å². The summed E-state index contributed by atoms with van der Waals surface area (Å²) < 4.78 is 5.69. The lowest BCUT2D eigenvalue weighted by Gasteiger charge is -2.41. The zero-order chi connectivity index (χ0) is 27.3. The number of ether oxygens (including phenoxy) is 1. The first kappa shape index (κ1) is 29.8. The van der Waals surface area contributed by atoms with Gasteiger partial charge in [-0.05, 0) is 6.42 Å². The number of carbonyl (C=O) groups excluding carboxylic acids is 2. The van der Waals surface area contributed by atoms with E-state index in [1.807, 2.05) is 0 Å². The molecule has 0 bridgehead atoms. The lowest BCUT2D eigenvalue weighted by molar-refractivity contribution is -0.190. The molecule has 13 heteroatoms. The fourth-order valence-electron chi connectivity index (χ4n) is 4.57. The number of nitrogens with zero attached hydrogens (tertiary/aromatic N) is 4. The second-order valence-corrected chi connectivity index (χ2v) is 9.75. The molecular weight excluding hydrogens is 494 g/mol. The molecule has 6 unspecified atom stereocenters. The van der Waals surface area contributed by atoms with Gasteiger partial charge in [0.15, 0.2) is 18.1 Å². The Morgan fingerprint density at radius 1 is 1.05 bits per heavy atom. The summed E-state index contributed by atoms with van der Waals surface area (Å²) in [6.45, 7) is 1.37. The lowest BCUT2D eigenvalue weighted by Crippen LogP contribution is -2.64. The van der Waals surface area contributed by atoms with Crippen molar-refractivity contribution in [2.75, 3.05) is 13.2 Å². The van der Waals surface area contributed by atoms with Crippen LogP contribution in [0.25, 0.3) is 0 Å². The molecule has 0 radical (unpaired) electrons. The average Bonchev–Trinajstić information content (AvgIpc) is 3.40. The van der Waals surface area contributed by atoms with Gasteiger partial charge in [-0.3, -0.25) is 14.6 Å². The summed E-state index contributed by atoms with van der Waals surface area (Å²) in [5.41, 5.74) is 0. The second kappa shape index (κ2) is 15.6. The van der Waals surface area contributed by atoms with Gasteiger partial charge in [0.25, 0.3) is 0 Å². The van der Waals surface area contributed by atoms with Crippen LogP contribution >= 0.6 is 0 Å². The Labute approximate surface area is 223 Å². The van der Waals surface area contributed by atoms with Gasteiger partial charge in [-0.15, -0.1) is 0 Å². The molecule has 0 saturated carbocycles. The summed E-state index contributed by atoms with van der Waals surface area (Å²) >= 11 is 0. The molecule has 3 rings (SSSR count). The van der Waals surface area contributed by atoms with Crippen LogP contribution in [0.15, 0.2) is 20.0 Å². The van der Waals surface area contributed by atoms with Crippen molar-refractivity contribution in [3.05, 3.63) is 0 Å². The SMILES string of the molecule is CCCCCCCCCCCC(=O)NCC(=O)NC1C(CO)OC(/N=C2\N=CNC3=NC=NC32)C(O)C1O. The Balaban J connectivity index is 1.39. The Morgan fingerprint density at radius 3 is 2.47 bits per heavy atom. The minimum atomic E-state index is -1.51. The molecule has 13 nitrogen and oxygen atoms in total. The molecule has 212 valence electrons. The molecule has 0 spiro atoms. The van der Waals surface area contributed by atoms with Gasteiger partial charge in [0.05, 0.1) is 25.5 Å². The van der Waals surface area contributed by atoms with Crippen LogP contribution in [0.3, 0.4) is 0 Å². The monoisotopic (exact) mass is 535 g/mol. The number of carbonyl (C=O) groups is 2. The van der Waals surface area contributed by atoms with Crippen molar-refractivity contribution in [2.45, 2.75) is 108 Å². The average molecular weight is 536 g/mol. The standard InChI is InChI=1S/C25H41N7O6/c1-2-3-4-5-6-7-8-9-10-11-17(34)26-12-18(35)31-19-16(13-33)38-25(22(37)21(19)36)32-24-20-23(28-14-27-20)29-15-30-24/h14-16,19-22,25,33,36-37H,2-13H2,1H3,(H,26,34)(H,31,35)(H,27,28,29,30,32). The van der Waals surface area contributed by atoms with Gasteiger partial charge in [0.2, 0.25) is 11.8 Å². The van der Waals surface area contributed by atoms with Crippen LogP contribution in [0.2, 0.25) is 0 Å². The number of amides is 2. The zero-order valence-corrected chi connectivity index (χ0v) is 22.0. The second-order valence-electron chi connectivity index (χ2n) is 9.75. The molecule has 3 aliphatic heterocycles. The fraction of sp³-hybridized carbons (Fsp3) is 0.760. The topological polar surface area (TPSA) is 190 Å². The Bertz CT molecular complexity index is 907. The molecule has 0 aromatic carbocycles. The molecule has 1 saturated heterocycles. The van der Waals surface area contributed by atoms with Crippen molar-refractivity contribution in [1.82, 2.24) is 16.0 Å². The van der Waals surface area contributed by atoms with Crippen molar-refractivity contribution in [1.29, 1.82) is 0 Å². The van der Waals surface area contributed by atoms with Crippen LogP contribution < -0.4 is 16.0 Å². The van der Waals surface area contributed by atoms with Crippen molar-refractivity contribution in [3.63, 3.8) is 0 Å². The van der Waals surface area contributed by atoms with E-state index in [4.69, 9.17) is 4.74 Å². The summed E-state index contributed by atoms with van der Waals surface area (Å²) in [6, 6.07) is -1.68. The highest BCUT2D eigenvalue weighted by molar-refractivity contribution is 6.21. The van der Waals surface area contributed by atoms with E-state index < -0.39 is 49.1 Å². The highest BCUT2D eigenvalue weighted by Crippen LogP contribution is 2.23. The van der Waals surface area contributed by atoms with Gasteiger partial charge in [0.1, 0.15) is 30.5 Å². The van der Waals surface area contributed by atoms with Gasteiger partial charge in [-0.2, -0.15) is 0 Å². The van der Waals surface area contributed by atoms with E-state index in [2.05, 4.69) is 42.8 Å². The maximum absolute atomic E-state index is 12.4. The van der Waals surface area contributed by atoms with Crippen molar-refractivity contribution >= 4 is 36.2 Å². The number of aliphatic imine (C=N–C) groups is 4. The summed E-state index contributed by atoms with van der Waals surface area (Å²) in [7, 11) is 0. The first-order valence-electron chi connectivity index (χ1n) is 13.6. The van der Waals surface area contributed by atoms with E-state index in [9.17, 15) is 24.9 Å². The molecule has 6 N–H and O–H groups in total. The summed E-state index contributed by atoms with van der Waals surface area (Å²) in [5.74, 6) is -0.0505. The van der Waals surface area contributed by atoms with Gasteiger partial charge >= 0.3 is 0 Å². The number of hydrogen-bond acceptors (Lipinski definition) is 10. The third kappa shape index (κ3) is 8.65. The number of rotatable bonds is 15. The molecule has 6 atom stereocenters. The number of nitrogens with one attached hydrogen (secondary N) is 3. The summed E-state index contributed by atoms with van der Waals surface area (Å²) in [4.78, 5) is 41.1. The van der Waals surface area contributed by atoms with Crippen molar-refractivity contribution in [2.24, 2.45) is 20.0 Å². The molecule has 0 aromatic rings. The number of aliphatic hydroxyl groups is 3. The fourth-order valence-corrected chi connectivity index (χ4v) is 4.57. The van der Waals surface area contributed by atoms with Crippen molar-refractivity contribution < 1.29 is 29.6 Å². The Hall–Kier alpha value is -2.74. The molecule has 3 aliphatic rings. The van der Waals surface area contributed by atoms with Crippen molar-refractivity contribution in [3.8, 4) is 0 Å². The van der Waals surface area contributed by atoms with E-state index in [1.165, 1.54) is 51.2 Å². The van der Waals surface area contributed by atoms with E-state index >= 15 is 0 Å². The first-order valence-corrected chi connectivity index (χ1v) is 13.6. The van der Waals surface area contributed by atoms with Crippen LogP contribution in [0.1, 0.15) is 71.1 Å². The minimum absolute atomic E-state index is 0.223. The van der Waals surface area contributed by atoms with Gasteiger partial charge in [-0.25, -0.2) is 15.0 Å². The number of aliphatic hydroxyl groups excluding tert-OH is 3. The Kier molecular flexibility index (Phi) is 12.3. The van der Waals surface area contributed by atoms with Crippen LogP contribution in [0.5, 0.6) is 0 Å². The quantitative estimate of drug-likeness (QED) is 0.156. The molecule has 0 aliphatic carbocycles. The number of fused-ring (bicyclic) bond motifs is 1. The van der Waals surface area contributed by atoms with E-state index in [0.29, 0.717) is 12.3 Å². The van der Waals surface area contributed by atoms with Crippen LogP contribution in [-0.4, -0.2) is 101 Å². The molecule has 0 aromatic heterocycles. The van der Waals surface area contributed by atoms with Crippen LogP contribution in [0.4, 0.5) is 0 Å². The molecule has 2 amide bonds. The molecule has 1 fully saturated rings. The molecule has 3 heterocycles. The maximum atomic E-state index is 12.4. The molecular formula is C25H41N7O6. The highest BCUT2D eigenvalue weighted by Gasteiger charge is 2.45. The first-order chi connectivity index (χ1) is 18.4. The number of unbranched alkanes of at least 4 members (excludes halogenated alkanes) is 8. The third-order valence-corrected chi connectivity index (χ3v) is 6.77. The largest absolute Gasteiger partial charge is 0.394 e. The zero-order valence-electron chi connectivity index (χ0n) is 22.0. The van der Waals surface area contributed by atoms with E-state index in [1.54, 1.807) is 0 Å². The number of amidine groups is 2. The normalized spacial score (nSPS) is 29.1. The third-order valence-electron chi connectivity index (χ3n) is 6.77. The number of hydrogen-bond donors (Lipinski definition) is 6. The minimum Gasteiger partial charge on any atom is -0.394 e. The van der Waals surface area contributed by atoms with Gasteiger partial charge < -0.3 is 36.0 Å². The van der Waals surface area contributed by atoms with Crippen LogP contribution in [0, 0.1) is 0 Å². The van der Waals surface area contributed by atoms with Gasteiger partial charge in [-0.1, -0.05) is 58.3 Å². The van der Waals surface area contributed by atoms with E-state index in [0.717, 1.165) is 19.3 Å². The predicted molar refractivity (Wildman–Crippen MR) is 143 cm³/mol. The summed E-state index contributed by atoms with van der Waals surface area (Å²) in [5, 5.41) is 39.1. The summed E-state index contributed by atoms with van der Waals surface area (Å²) in [6.07, 6.45) is 8.15. The molecule has 38 heavy (non-hydrogen) atoms. The predicted octanol–water partition coefficient (Wildman–Crippen LogP) is -0.214. The van der Waals surface area contributed by atoms with Gasteiger partial charge in [0, 0.05) is 6.42 Å².